The Morgan fingerprint density at radius 1 is 1.19 bits per heavy atom. The lowest BCUT2D eigenvalue weighted by Gasteiger charge is -2.15. The summed E-state index contributed by atoms with van der Waals surface area (Å²) in [5.74, 6) is 0. The Balaban J connectivity index is 3.27. The van der Waals surface area contributed by atoms with Crippen LogP contribution in [0.2, 0.25) is 0 Å². The molecule has 0 fully saturated rings. The van der Waals surface area contributed by atoms with Crippen LogP contribution in [0, 0.1) is 0 Å². The number of carbonyl (C=O) groups is 1. The van der Waals surface area contributed by atoms with E-state index >= 15 is 0 Å². The van der Waals surface area contributed by atoms with Crippen molar-refractivity contribution >= 4 is 6.09 Å². The molecule has 0 aromatic rings. The van der Waals surface area contributed by atoms with E-state index in [0.717, 1.165) is 12.8 Å². The molecular weight excluding hydrogens is 206 g/mol. The molecule has 0 saturated carbocycles. The maximum Gasteiger partial charge on any atom is 0.409 e. The van der Waals surface area contributed by atoms with Gasteiger partial charge >= 0.3 is 6.09 Å². The first kappa shape index (κ1) is 15.2. The lowest BCUT2D eigenvalue weighted by atomic mass is 10.1. The quantitative estimate of drug-likeness (QED) is 0.620. The van der Waals surface area contributed by atoms with Gasteiger partial charge in [-0.25, -0.2) is 4.79 Å². The van der Waals surface area contributed by atoms with Gasteiger partial charge in [-0.1, -0.05) is 39.0 Å². The van der Waals surface area contributed by atoms with E-state index in [2.05, 4.69) is 6.92 Å². The van der Waals surface area contributed by atoms with Crippen LogP contribution in [0.5, 0.6) is 0 Å². The minimum Gasteiger partial charge on any atom is -0.449 e. The van der Waals surface area contributed by atoms with Crippen molar-refractivity contribution in [2.75, 3.05) is 26.8 Å². The molecular formula is C12H25NO3. The van der Waals surface area contributed by atoms with E-state index in [1.165, 1.54) is 30.6 Å². The van der Waals surface area contributed by atoms with Gasteiger partial charge in [0.15, 0.2) is 0 Å². The fraction of sp³-hybridized carbons (Fsp3) is 0.917. The van der Waals surface area contributed by atoms with Gasteiger partial charge in [0.25, 0.3) is 0 Å². The van der Waals surface area contributed by atoms with Crippen LogP contribution in [-0.4, -0.2) is 42.9 Å². The highest BCUT2D eigenvalue weighted by molar-refractivity contribution is 5.67. The topological polar surface area (TPSA) is 49.8 Å². The third kappa shape index (κ3) is 8.53. The zero-order valence-electron chi connectivity index (χ0n) is 10.6. The molecule has 16 heavy (non-hydrogen) atoms. The molecule has 4 nitrogen and oxygen atoms in total. The van der Waals surface area contributed by atoms with Gasteiger partial charge in [0.2, 0.25) is 0 Å². The number of aliphatic hydroxyl groups is 1. The number of hydrogen-bond donors (Lipinski definition) is 1. The predicted octanol–water partition coefficient (Wildman–Crippen LogP) is 2.41. The van der Waals surface area contributed by atoms with Crippen LogP contribution in [0.1, 0.15) is 45.4 Å². The molecule has 0 saturated heterocycles. The summed E-state index contributed by atoms with van der Waals surface area (Å²) in [6.45, 7) is 2.98. The first-order valence-corrected chi connectivity index (χ1v) is 6.21. The number of rotatable bonds is 9. The van der Waals surface area contributed by atoms with E-state index in [-0.39, 0.29) is 12.7 Å². The summed E-state index contributed by atoms with van der Waals surface area (Å²) in [6, 6.07) is 0. The van der Waals surface area contributed by atoms with Crippen LogP contribution in [0.3, 0.4) is 0 Å². The second kappa shape index (κ2) is 10.7. The van der Waals surface area contributed by atoms with Crippen molar-refractivity contribution in [3.8, 4) is 0 Å². The smallest absolute Gasteiger partial charge is 0.409 e. The lowest BCUT2D eigenvalue weighted by Crippen LogP contribution is -2.30. The van der Waals surface area contributed by atoms with Gasteiger partial charge in [0.05, 0.1) is 13.2 Å². The van der Waals surface area contributed by atoms with E-state index < -0.39 is 0 Å². The molecule has 0 aliphatic rings. The van der Waals surface area contributed by atoms with Crippen molar-refractivity contribution in [3.05, 3.63) is 0 Å². The minimum atomic E-state index is -0.345. The number of nitrogens with zero attached hydrogens (tertiary/aromatic N) is 1. The highest BCUT2D eigenvalue weighted by Crippen LogP contribution is 2.05. The summed E-state index contributed by atoms with van der Waals surface area (Å²) in [6.07, 6.45) is 6.74. The molecule has 0 unspecified atom stereocenters. The van der Waals surface area contributed by atoms with E-state index in [0.29, 0.717) is 13.2 Å². The first-order valence-electron chi connectivity index (χ1n) is 6.21. The van der Waals surface area contributed by atoms with E-state index in [4.69, 9.17) is 9.84 Å². The molecule has 1 N–H and O–H groups in total. The Morgan fingerprint density at radius 3 is 2.44 bits per heavy atom. The van der Waals surface area contributed by atoms with Crippen LogP contribution < -0.4 is 0 Å². The van der Waals surface area contributed by atoms with Gasteiger partial charge in [0.1, 0.15) is 0 Å². The van der Waals surface area contributed by atoms with Gasteiger partial charge in [-0.15, -0.1) is 0 Å². The van der Waals surface area contributed by atoms with E-state index in [9.17, 15) is 4.79 Å². The number of likely N-dealkylation sites (N-methyl/N-ethyl adjacent to an activating group) is 1. The summed E-state index contributed by atoms with van der Waals surface area (Å²) in [5, 5.41) is 8.63. The molecule has 96 valence electrons. The Labute approximate surface area is 98.6 Å². The summed E-state index contributed by atoms with van der Waals surface area (Å²) >= 11 is 0. The summed E-state index contributed by atoms with van der Waals surface area (Å²) in [7, 11) is 1.62. The second-order valence-electron chi connectivity index (χ2n) is 4.03. The average Bonchev–Trinajstić information content (AvgIpc) is 2.28. The first-order chi connectivity index (χ1) is 7.72. The minimum absolute atomic E-state index is 0.0252. The molecule has 0 heterocycles. The van der Waals surface area contributed by atoms with Gasteiger partial charge < -0.3 is 14.7 Å². The second-order valence-corrected chi connectivity index (χ2v) is 4.03. The zero-order chi connectivity index (χ0) is 12.2. The fourth-order valence-corrected chi connectivity index (χ4v) is 1.39. The molecule has 0 rings (SSSR count). The van der Waals surface area contributed by atoms with Crippen molar-refractivity contribution in [1.82, 2.24) is 4.90 Å². The van der Waals surface area contributed by atoms with E-state index in [1.54, 1.807) is 7.05 Å². The van der Waals surface area contributed by atoms with Crippen LogP contribution in [0.15, 0.2) is 0 Å². The van der Waals surface area contributed by atoms with Crippen molar-refractivity contribution < 1.29 is 14.6 Å². The fourth-order valence-electron chi connectivity index (χ4n) is 1.39. The molecule has 0 spiro atoms. The zero-order valence-corrected chi connectivity index (χ0v) is 10.6. The number of hydrogen-bond acceptors (Lipinski definition) is 3. The summed E-state index contributed by atoms with van der Waals surface area (Å²) in [5.41, 5.74) is 0. The van der Waals surface area contributed by atoms with Gasteiger partial charge in [-0.3, -0.25) is 0 Å². The molecule has 1 amide bonds. The molecule has 0 atom stereocenters. The molecule has 0 aliphatic heterocycles. The van der Waals surface area contributed by atoms with Crippen molar-refractivity contribution in [3.63, 3.8) is 0 Å². The molecule has 4 heteroatoms. The van der Waals surface area contributed by atoms with Gasteiger partial charge in [-0.2, -0.15) is 0 Å². The maximum atomic E-state index is 11.3. The highest BCUT2D eigenvalue weighted by Gasteiger charge is 2.07. The third-order valence-corrected chi connectivity index (χ3v) is 2.47. The number of ether oxygens (including phenoxy) is 1. The molecule has 0 aliphatic carbocycles. The Morgan fingerprint density at radius 2 is 1.81 bits per heavy atom. The maximum absolute atomic E-state index is 11.3. The number of unbranched alkanes of at least 4 members (excludes halogenated alkanes) is 5. The predicted molar refractivity (Wildman–Crippen MR) is 64.4 cm³/mol. The van der Waals surface area contributed by atoms with Crippen LogP contribution in [0.4, 0.5) is 4.79 Å². The summed E-state index contributed by atoms with van der Waals surface area (Å²) < 4.78 is 5.04. The Kier molecular flexibility index (Phi) is 10.2. The molecule has 0 radical (unpaired) electrons. The van der Waals surface area contributed by atoms with Gasteiger partial charge in [0, 0.05) is 13.6 Å². The Bertz CT molecular complexity index is 174. The van der Waals surface area contributed by atoms with Crippen LogP contribution in [0.25, 0.3) is 0 Å². The van der Waals surface area contributed by atoms with Crippen molar-refractivity contribution in [1.29, 1.82) is 0 Å². The number of carbonyl (C=O) groups excluding carboxylic acids is 1. The standard InChI is InChI=1S/C12H25NO3/c1-3-4-5-6-7-8-11-16-12(15)13(2)9-10-14/h14H,3-11H2,1-2H3. The average molecular weight is 231 g/mol. The van der Waals surface area contributed by atoms with Crippen molar-refractivity contribution in [2.45, 2.75) is 45.4 Å². The molecule has 0 aromatic carbocycles. The van der Waals surface area contributed by atoms with Crippen LogP contribution in [-0.2, 0) is 4.74 Å². The third-order valence-electron chi connectivity index (χ3n) is 2.47. The van der Waals surface area contributed by atoms with Gasteiger partial charge in [-0.05, 0) is 6.42 Å². The Hall–Kier alpha value is -0.770. The largest absolute Gasteiger partial charge is 0.449 e. The lowest BCUT2D eigenvalue weighted by molar-refractivity contribution is 0.102. The summed E-state index contributed by atoms with van der Waals surface area (Å²) in [4.78, 5) is 12.6. The van der Waals surface area contributed by atoms with E-state index in [1.807, 2.05) is 0 Å². The number of amides is 1. The SMILES string of the molecule is CCCCCCCCOC(=O)N(C)CCO. The normalized spacial score (nSPS) is 10.2. The monoisotopic (exact) mass is 231 g/mol. The van der Waals surface area contributed by atoms with Crippen molar-refractivity contribution in [2.24, 2.45) is 0 Å². The van der Waals surface area contributed by atoms with Crippen LogP contribution >= 0.6 is 0 Å². The molecule has 0 bridgehead atoms. The molecule has 0 aromatic heterocycles. The number of aliphatic hydroxyl groups excluding tert-OH is 1. The highest BCUT2D eigenvalue weighted by atomic mass is 16.6.